The number of hydrogen-bond donors (Lipinski definition) is 1. The summed E-state index contributed by atoms with van der Waals surface area (Å²) in [6, 6.07) is 11.9. The van der Waals surface area contributed by atoms with E-state index >= 15 is 0 Å². The number of rotatable bonds is 5. The predicted octanol–water partition coefficient (Wildman–Crippen LogP) is 2.49. The van der Waals surface area contributed by atoms with Crippen molar-refractivity contribution in [2.24, 2.45) is 4.99 Å². The molecule has 0 bridgehead atoms. The Morgan fingerprint density at radius 3 is 2.31 bits per heavy atom. The number of nitrogens with one attached hydrogen (secondary N) is 1. The molecular weight excluding hydrogens is 481 g/mol. The zero-order chi connectivity index (χ0) is 19.9. The molecule has 1 fully saturated rings. The van der Waals surface area contributed by atoms with Crippen molar-refractivity contribution in [3.05, 3.63) is 59.5 Å². The quantitative estimate of drug-likeness (QED) is 0.380. The molecule has 2 heterocycles. The minimum atomic E-state index is -0.0507. The number of nitrogens with zero attached hydrogens (tertiary/aromatic N) is 4. The number of amides is 1. The molecule has 2 aromatic rings. The van der Waals surface area contributed by atoms with Crippen LogP contribution in [0.25, 0.3) is 0 Å². The smallest absolute Gasteiger partial charge is 0.289 e. The van der Waals surface area contributed by atoms with Crippen LogP contribution in [0.1, 0.15) is 21.7 Å². The molecule has 1 N–H and O–H groups in total. The number of carbonyl (C=O) groups is 1. The molecule has 3 rings (SSSR count). The number of hydrogen-bond acceptors (Lipinski definition) is 4. The summed E-state index contributed by atoms with van der Waals surface area (Å²) in [5, 5.41) is 3.48. The second kappa shape index (κ2) is 11.2. The Kier molecular flexibility index (Phi) is 8.97. The van der Waals surface area contributed by atoms with Gasteiger partial charge in [0.1, 0.15) is 0 Å². The number of aliphatic imine (C=N–C) groups is 1. The van der Waals surface area contributed by atoms with Gasteiger partial charge in [0.15, 0.2) is 11.7 Å². The van der Waals surface area contributed by atoms with Crippen molar-refractivity contribution in [2.45, 2.75) is 13.1 Å². The Morgan fingerprint density at radius 1 is 1.07 bits per heavy atom. The van der Waals surface area contributed by atoms with Crippen molar-refractivity contribution in [3.63, 3.8) is 0 Å². The fraction of sp³-hybridized carbons (Fsp3) is 0.429. The Morgan fingerprint density at radius 2 is 1.72 bits per heavy atom. The monoisotopic (exact) mass is 511 g/mol. The first-order chi connectivity index (χ1) is 13.6. The van der Waals surface area contributed by atoms with Crippen molar-refractivity contribution in [3.8, 4) is 0 Å². The Bertz CT molecular complexity index is 799. The van der Waals surface area contributed by atoms with Crippen LogP contribution >= 0.6 is 24.0 Å². The summed E-state index contributed by atoms with van der Waals surface area (Å²) < 4.78 is 5.23. The van der Waals surface area contributed by atoms with Crippen LogP contribution < -0.4 is 5.32 Å². The normalized spacial score (nSPS) is 14.7. The molecule has 1 aromatic carbocycles. The summed E-state index contributed by atoms with van der Waals surface area (Å²) >= 11 is 0. The van der Waals surface area contributed by atoms with E-state index < -0.39 is 0 Å². The zero-order valence-corrected chi connectivity index (χ0v) is 19.6. The lowest BCUT2D eigenvalue weighted by molar-refractivity contribution is 0.0657. The molecule has 1 saturated heterocycles. The molecule has 1 amide bonds. The Hall–Kier alpha value is -2.07. The summed E-state index contributed by atoms with van der Waals surface area (Å²) in [6.07, 6.45) is 1.53. The van der Waals surface area contributed by atoms with E-state index in [1.165, 1.54) is 17.4 Å². The van der Waals surface area contributed by atoms with Crippen molar-refractivity contribution >= 4 is 35.8 Å². The minimum absolute atomic E-state index is 0. The van der Waals surface area contributed by atoms with E-state index in [1.807, 2.05) is 4.90 Å². The van der Waals surface area contributed by atoms with Crippen molar-refractivity contribution in [1.82, 2.24) is 20.0 Å². The van der Waals surface area contributed by atoms with Crippen LogP contribution in [0.3, 0.4) is 0 Å². The van der Waals surface area contributed by atoms with Gasteiger partial charge in [-0.05, 0) is 37.4 Å². The van der Waals surface area contributed by atoms with E-state index in [2.05, 4.69) is 58.5 Å². The van der Waals surface area contributed by atoms with E-state index in [4.69, 9.17) is 4.42 Å². The van der Waals surface area contributed by atoms with Crippen LogP contribution in [0.15, 0.2) is 52.1 Å². The van der Waals surface area contributed by atoms with Gasteiger partial charge in [-0.2, -0.15) is 0 Å². The highest BCUT2D eigenvalue weighted by Crippen LogP contribution is 2.12. The van der Waals surface area contributed by atoms with Crippen LogP contribution in [0.2, 0.25) is 0 Å². The van der Waals surface area contributed by atoms with Gasteiger partial charge >= 0.3 is 0 Å². The van der Waals surface area contributed by atoms with E-state index in [9.17, 15) is 4.79 Å². The molecule has 158 valence electrons. The molecule has 0 radical (unpaired) electrons. The lowest BCUT2D eigenvalue weighted by Gasteiger charge is -2.36. The van der Waals surface area contributed by atoms with Gasteiger partial charge in [0, 0.05) is 46.3 Å². The van der Waals surface area contributed by atoms with E-state index in [0.29, 0.717) is 18.8 Å². The minimum Gasteiger partial charge on any atom is -0.459 e. The number of benzene rings is 1. The predicted molar refractivity (Wildman–Crippen MR) is 126 cm³/mol. The molecule has 1 aliphatic heterocycles. The molecule has 29 heavy (non-hydrogen) atoms. The topological polar surface area (TPSA) is 64.3 Å². The fourth-order valence-corrected chi connectivity index (χ4v) is 3.41. The number of guanidine groups is 1. The highest BCUT2D eigenvalue weighted by atomic mass is 127. The van der Waals surface area contributed by atoms with Gasteiger partial charge in [-0.1, -0.05) is 24.3 Å². The fourth-order valence-electron chi connectivity index (χ4n) is 3.41. The molecular formula is C21H30IN5O2. The third-order valence-corrected chi connectivity index (χ3v) is 4.85. The lowest BCUT2D eigenvalue weighted by Crippen LogP contribution is -2.53. The average Bonchev–Trinajstić information content (AvgIpc) is 3.24. The van der Waals surface area contributed by atoms with Crippen LogP contribution in [-0.2, 0) is 13.1 Å². The third kappa shape index (κ3) is 6.20. The van der Waals surface area contributed by atoms with Gasteiger partial charge in [-0.3, -0.25) is 9.79 Å². The highest BCUT2D eigenvalue weighted by molar-refractivity contribution is 14.0. The molecule has 0 spiro atoms. The summed E-state index contributed by atoms with van der Waals surface area (Å²) in [6.45, 7) is 4.41. The van der Waals surface area contributed by atoms with Gasteiger partial charge in [0.25, 0.3) is 5.91 Å². The molecule has 8 heteroatoms. The summed E-state index contributed by atoms with van der Waals surface area (Å²) in [7, 11) is 5.95. The van der Waals surface area contributed by atoms with E-state index in [-0.39, 0.29) is 29.9 Å². The summed E-state index contributed by atoms with van der Waals surface area (Å²) in [5.41, 5.74) is 2.58. The molecule has 0 saturated carbocycles. The molecule has 0 atom stereocenters. The number of carbonyl (C=O) groups excluding carboxylic acids is 1. The van der Waals surface area contributed by atoms with Crippen molar-refractivity contribution in [2.75, 3.05) is 47.3 Å². The van der Waals surface area contributed by atoms with Crippen LogP contribution in [-0.4, -0.2) is 73.9 Å². The van der Waals surface area contributed by atoms with Crippen LogP contribution in [0.4, 0.5) is 0 Å². The van der Waals surface area contributed by atoms with Gasteiger partial charge in [0.05, 0.1) is 6.26 Å². The lowest BCUT2D eigenvalue weighted by atomic mass is 10.1. The summed E-state index contributed by atoms with van der Waals surface area (Å²) in [5.74, 6) is 1.21. The first kappa shape index (κ1) is 23.2. The zero-order valence-electron chi connectivity index (χ0n) is 17.3. The third-order valence-electron chi connectivity index (χ3n) is 4.85. The van der Waals surface area contributed by atoms with Crippen molar-refractivity contribution in [1.29, 1.82) is 0 Å². The van der Waals surface area contributed by atoms with Crippen molar-refractivity contribution < 1.29 is 9.21 Å². The standard InChI is InChI=1S/C21H29N5O2.HI/c1-22-21(23-15-17-7-4-5-8-18(17)16-24(2)3)26-12-10-25(11-13-26)20(27)19-9-6-14-28-19;/h4-9,14H,10-13,15-16H2,1-3H3,(H,22,23);1H. The molecule has 7 nitrogen and oxygen atoms in total. The number of piperazine rings is 1. The first-order valence-electron chi connectivity index (χ1n) is 9.58. The molecule has 1 aliphatic rings. The molecule has 1 aromatic heterocycles. The molecule has 0 aliphatic carbocycles. The van der Waals surface area contributed by atoms with Crippen LogP contribution in [0, 0.1) is 0 Å². The van der Waals surface area contributed by atoms with Gasteiger partial charge in [-0.25, -0.2) is 0 Å². The van der Waals surface area contributed by atoms with E-state index in [1.54, 1.807) is 19.2 Å². The number of halogens is 1. The number of furan rings is 1. The maximum absolute atomic E-state index is 12.4. The van der Waals surface area contributed by atoms with Crippen LogP contribution in [0.5, 0.6) is 0 Å². The second-order valence-corrected chi connectivity index (χ2v) is 7.16. The Balaban J connectivity index is 0.00000300. The largest absolute Gasteiger partial charge is 0.459 e. The van der Waals surface area contributed by atoms with Gasteiger partial charge in [-0.15, -0.1) is 24.0 Å². The average molecular weight is 511 g/mol. The van der Waals surface area contributed by atoms with E-state index in [0.717, 1.165) is 32.1 Å². The molecule has 0 unspecified atom stereocenters. The first-order valence-corrected chi connectivity index (χ1v) is 9.58. The van der Waals surface area contributed by atoms with Gasteiger partial charge < -0.3 is 24.4 Å². The second-order valence-electron chi connectivity index (χ2n) is 7.16. The highest BCUT2D eigenvalue weighted by Gasteiger charge is 2.25. The maximum atomic E-state index is 12.4. The Labute approximate surface area is 189 Å². The summed E-state index contributed by atoms with van der Waals surface area (Å²) in [4.78, 5) is 23.0. The SMILES string of the molecule is CN=C(NCc1ccccc1CN(C)C)N1CCN(C(=O)c2ccco2)CC1.I. The maximum Gasteiger partial charge on any atom is 0.289 e. The van der Waals surface area contributed by atoms with Gasteiger partial charge in [0.2, 0.25) is 0 Å².